The van der Waals surface area contributed by atoms with Crippen molar-refractivity contribution in [2.75, 3.05) is 26.4 Å². The molecule has 0 aromatic carbocycles. The summed E-state index contributed by atoms with van der Waals surface area (Å²) < 4.78 is 34.2. The standard InChI is InChI=1S/C75H129NO18/c1-3-5-7-9-11-13-14-15-16-17-18-19-20-21-22-23-24-25-26-27-28-29-30-31-32-33-34-35-36-37-38-39-40-41-42-43-44-45-47-49-51-53-63(81)76-58(59(80)52-50-48-46-12-10-8-6-4-2)57-89-73-69(87)66(84)71(61(55-78)91-73)94-75-70(88)67(85)72(62(56-79)92-75)93-74-68(86)65(83)64(82)60(54-77)90-74/h5,7,10-13,15-16,18-19,21-22,24-25,50,52,58-62,64-75,77-80,82-88H,3-4,6,8-9,14,17,20,23,26-49,51,53-57H2,1-2H3,(H,76,81)/b7-5-,12-10+,13-11-,16-15-,19-18-,22-21-,25-24-,52-50+. The van der Waals surface area contributed by atoms with E-state index in [0.29, 0.717) is 12.8 Å². The molecule has 1 amide bonds. The van der Waals surface area contributed by atoms with E-state index in [9.17, 15) is 61.0 Å². The van der Waals surface area contributed by atoms with Crippen LogP contribution < -0.4 is 5.32 Å². The van der Waals surface area contributed by atoms with Gasteiger partial charge in [0.05, 0.1) is 38.6 Å². The van der Waals surface area contributed by atoms with Crippen molar-refractivity contribution in [3.8, 4) is 0 Å². The van der Waals surface area contributed by atoms with Crippen molar-refractivity contribution in [1.29, 1.82) is 0 Å². The molecular weight excluding hydrogens is 1200 g/mol. The van der Waals surface area contributed by atoms with Crippen LogP contribution in [-0.2, 0) is 33.2 Å². The van der Waals surface area contributed by atoms with Crippen LogP contribution in [0.4, 0.5) is 0 Å². The first-order valence-electron chi connectivity index (χ1n) is 36.5. The molecule has 3 heterocycles. The summed E-state index contributed by atoms with van der Waals surface area (Å²) in [7, 11) is 0. The topological polar surface area (TPSA) is 307 Å². The van der Waals surface area contributed by atoms with Gasteiger partial charge in [0.2, 0.25) is 5.91 Å². The van der Waals surface area contributed by atoms with Crippen LogP contribution in [0.2, 0.25) is 0 Å². The van der Waals surface area contributed by atoms with Crippen LogP contribution in [-0.4, -0.2) is 193 Å². The van der Waals surface area contributed by atoms with Gasteiger partial charge in [0.1, 0.15) is 73.2 Å². The zero-order valence-electron chi connectivity index (χ0n) is 57.4. The Bertz CT molecular complexity index is 2080. The predicted octanol–water partition coefficient (Wildman–Crippen LogP) is 10.4. The highest BCUT2D eigenvalue weighted by Crippen LogP contribution is 2.33. The molecule has 0 aromatic rings. The molecule has 0 radical (unpaired) electrons. The molecule has 3 aliphatic heterocycles. The first kappa shape index (κ1) is 84.9. The van der Waals surface area contributed by atoms with Gasteiger partial charge in [-0.2, -0.15) is 0 Å². The van der Waals surface area contributed by atoms with E-state index >= 15 is 0 Å². The number of nitrogens with one attached hydrogen (secondary N) is 1. The average molecular weight is 1330 g/mol. The van der Waals surface area contributed by atoms with Crippen LogP contribution in [0.15, 0.2) is 97.2 Å². The van der Waals surface area contributed by atoms with E-state index in [1.54, 1.807) is 6.08 Å². The zero-order chi connectivity index (χ0) is 68.2. The first-order valence-corrected chi connectivity index (χ1v) is 36.5. The molecule has 3 saturated heterocycles. The lowest BCUT2D eigenvalue weighted by Crippen LogP contribution is -2.66. The number of hydrogen-bond donors (Lipinski definition) is 12. The Morgan fingerprint density at radius 2 is 0.745 bits per heavy atom. The highest BCUT2D eigenvalue weighted by Gasteiger charge is 2.53. The van der Waals surface area contributed by atoms with Crippen molar-refractivity contribution in [3.63, 3.8) is 0 Å². The molecule has 542 valence electrons. The second-order valence-corrected chi connectivity index (χ2v) is 25.7. The Labute approximate surface area is 564 Å². The van der Waals surface area contributed by atoms with Crippen molar-refractivity contribution in [1.82, 2.24) is 5.32 Å². The van der Waals surface area contributed by atoms with Crippen LogP contribution in [0, 0.1) is 0 Å². The van der Waals surface area contributed by atoms with E-state index < -0.39 is 124 Å². The largest absolute Gasteiger partial charge is 0.394 e. The molecule has 3 rings (SSSR count). The SMILES string of the molecule is CC/C=C\C/C=C\C/C=C\C/C=C\C/C=C\C/C=C\CCCCCCCCCCCCCCCCCCCCCCCCC(=O)NC(COC1OC(CO)C(OC2OC(CO)C(OC3OC(CO)C(O)C(O)C3O)C(O)C2O)C(O)C1O)C(O)/C=C/CC/C=C/CCCC. The quantitative estimate of drug-likeness (QED) is 0.0199. The summed E-state index contributed by atoms with van der Waals surface area (Å²) in [5.41, 5.74) is 0. The Morgan fingerprint density at radius 3 is 1.19 bits per heavy atom. The molecular formula is C75H129NO18. The molecule has 0 saturated carbocycles. The van der Waals surface area contributed by atoms with Crippen LogP contribution in [0.1, 0.15) is 239 Å². The van der Waals surface area contributed by atoms with Gasteiger partial charge in [-0.25, -0.2) is 0 Å². The number of hydrogen-bond acceptors (Lipinski definition) is 18. The molecule has 17 atom stereocenters. The third-order valence-electron chi connectivity index (χ3n) is 17.6. The predicted molar refractivity (Wildman–Crippen MR) is 369 cm³/mol. The van der Waals surface area contributed by atoms with Gasteiger partial charge in [0.15, 0.2) is 18.9 Å². The van der Waals surface area contributed by atoms with E-state index in [4.69, 9.17) is 28.4 Å². The van der Waals surface area contributed by atoms with Crippen LogP contribution >= 0.6 is 0 Å². The van der Waals surface area contributed by atoms with Gasteiger partial charge in [0.25, 0.3) is 0 Å². The molecule has 19 nitrogen and oxygen atoms in total. The van der Waals surface area contributed by atoms with Gasteiger partial charge in [-0.05, 0) is 77.0 Å². The molecule has 12 N–H and O–H groups in total. The Hall–Kier alpha value is -3.29. The molecule has 94 heavy (non-hydrogen) atoms. The van der Waals surface area contributed by atoms with Crippen molar-refractivity contribution in [2.45, 2.75) is 343 Å². The minimum Gasteiger partial charge on any atom is -0.394 e. The summed E-state index contributed by atoms with van der Waals surface area (Å²) in [6.45, 7) is 1.50. The van der Waals surface area contributed by atoms with Crippen LogP contribution in [0.5, 0.6) is 0 Å². The number of carbonyl (C=O) groups is 1. The smallest absolute Gasteiger partial charge is 0.220 e. The zero-order valence-corrected chi connectivity index (χ0v) is 57.4. The van der Waals surface area contributed by atoms with Gasteiger partial charge < -0.3 is 89.9 Å². The maximum absolute atomic E-state index is 13.3. The van der Waals surface area contributed by atoms with Crippen molar-refractivity contribution in [3.05, 3.63) is 97.2 Å². The molecule has 3 fully saturated rings. The van der Waals surface area contributed by atoms with E-state index in [1.165, 1.54) is 122 Å². The molecule has 3 aliphatic rings. The van der Waals surface area contributed by atoms with Crippen LogP contribution in [0.25, 0.3) is 0 Å². The molecule has 0 aliphatic carbocycles. The summed E-state index contributed by atoms with van der Waals surface area (Å²) in [4.78, 5) is 13.3. The molecule has 0 spiro atoms. The molecule has 0 aromatic heterocycles. The Balaban J connectivity index is 1.24. The summed E-state index contributed by atoms with van der Waals surface area (Å²) in [6, 6.07) is -0.989. The Morgan fingerprint density at radius 1 is 0.394 bits per heavy atom. The van der Waals surface area contributed by atoms with E-state index in [1.807, 2.05) is 6.08 Å². The number of unbranched alkanes of at least 4 members (excludes halogenated alkanes) is 25. The summed E-state index contributed by atoms with van der Waals surface area (Å²) in [5, 5.41) is 120. The highest BCUT2D eigenvalue weighted by molar-refractivity contribution is 5.76. The van der Waals surface area contributed by atoms with Gasteiger partial charge in [-0.15, -0.1) is 0 Å². The normalized spacial score (nSPS) is 27.9. The van der Waals surface area contributed by atoms with Gasteiger partial charge in [0, 0.05) is 6.42 Å². The molecule has 19 heteroatoms. The lowest BCUT2D eigenvalue weighted by atomic mass is 9.96. The monoisotopic (exact) mass is 1330 g/mol. The van der Waals surface area contributed by atoms with Crippen molar-refractivity contribution < 1.29 is 89.4 Å². The van der Waals surface area contributed by atoms with Crippen molar-refractivity contribution >= 4 is 5.91 Å². The van der Waals surface area contributed by atoms with E-state index in [-0.39, 0.29) is 18.9 Å². The number of carbonyl (C=O) groups excluding carboxylic acids is 1. The Kier molecular flexibility index (Phi) is 50.2. The van der Waals surface area contributed by atoms with E-state index in [0.717, 1.165) is 83.5 Å². The maximum atomic E-state index is 13.3. The summed E-state index contributed by atoms with van der Waals surface area (Å²) >= 11 is 0. The lowest BCUT2D eigenvalue weighted by Gasteiger charge is -2.48. The fourth-order valence-electron chi connectivity index (χ4n) is 11.7. The minimum atomic E-state index is -1.98. The number of amides is 1. The first-order chi connectivity index (χ1) is 45.8. The van der Waals surface area contributed by atoms with Crippen LogP contribution in [0.3, 0.4) is 0 Å². The molecule has 17 unspecified atom stereocenters. The van der Waals surface area contributed by atoms with Crippen molar-refractivity contribution in [2.24, 2.45) is 0 Å². The fraction of sp³-hybridized carbons (Fsp3) is 0.773. The number of rotatable bonds is 55. The number of ether oxygens (including phenoxy) is 6. The average Bonchev–Trinajstić information content (AvgIpc) is 0.834. The van der Waals surface area contributed by atoms with Gasteiger partial charge in [-0.1, -0.05) is 252 Å². The highest BCUT2D eigenvalue weighted by atomic mass is 16.8. The number of aliphatic hydroxyl groups is 11. The third-order valence-corrected chi connectivity index (χ3v) is 17.6. The van der Waals surface area contributed by atoms with E-state index in [2.05, 4.69) is 104 Å². The summed E-state index contributed by atoms with van der Waals surface area (Å²) in [6.07, 6.45) is 47.6. The number of aliphatic hydroxyl groups excluding tert-OH is 11. The minimum absolute atomic E-state index is 0.234. The fourth-order valence-corrected chi connectivity index (χ4v) is 11.7. The third kappa shape index (κ3) is 36.5. The van der Waals surface area contributed by atoms with Gasteiger partial charge >= 0.3 is 0 Å². The summed E-state index contributed by atoms with van der Waals surface area (Å²) in [5.74, 6) is -0.289. The number of allylic oxidation sites excluding steroid dienone is 15. The maximum Gasteiger partial charge on any atom is 0.220 e. The lowest BCUT2D eigenvalue weighted by molar-refractivity contribution is -0.379. The van der Waals surface area contributed by atoms with Gasteiger partial charge in [-0.3, -0.25) is 4.79 Å². The second-order valence-electron chi connectivity index (χ2n) is 25.7. The molecule has 0 bridgehead atoms. The second kappa shape index (κ2) is 55.6.